The molecule has 2 aromatic rings. The molecule has 0 radical (unpaired) electrons. The van der Waals surface area contributed by atoms with Gasteiger partial charge in [0.1, 0.15) is 18.0 Å². The van der Waals surface area contributed by atoms with Crippen molar-refractivity contribution in [1.29, 1.82) is 0 Å². The molecule has 7 nitrogen and oxygen atoms in total. The highest BCUT2D eigenvalue weighted by Gasteiger charge is 2.14. The lowest BCUT2D eigenvalue weighted by Crippen LogP contribution is -2.27. The van der Waals surface area contributed by atoms with E-state index in [2.05, 4.69) is 20.7 Å². The van der Waals surface area contributed by atoms with Crippen LogP contribution in [0.2, 0.25) is 0 Å². The Kier molecular flexibility index (Phi) is 4.67. The van der Waals surface area contributed by atoms with Crippen LogP contribution >= 0.6 is 0 Å². The minimum Gasteiger partial charge on any atom is -0.409 e. The van der Waals surface area contributed by atoms with Crippen molar-refractivity contribution in [2.45, 2.75) is 19.0 Å². The molecule has 0 amide bonds. The molecule has 20 heavy (non-hydrogen) atoms. The Hall–Kier alpha value is -2.41. The fraction of sp³-hybridized carbons (Fsp3) is 0.308. The number of hydrogen-bond donors (Lipinski definition) is 3. The number of nitrogens with two attached hydrogens (primary N) is 1. The largest absolute Gasteiger partial charge is 0.409 e. The van der Waals surface area contributed by atoms with Gasteiger partial charge in [-0.15, -0.1) is 10.2 Å². The number of nitrogens with zero attached hydrogens (tertiary/aromatic N) is 4. The fourth-order valence-electron chi connectivity index (χ4n) is 1.92. The molecule has 1 aromatic heterocycles. The predicted molar refractivity (Wildman–Crippen MR) is 75.1 cm³/mol. The normalized spacial score (nSPS) is 13.3. The van der Waals surface area contributed by atoms with Crippen LogP contribution in [0.1, 0.15) is 23.9 Å². The summed E-state index contributed by atoms with van der Waals surface area (Å²) in [6.45, 7) is 0.550. The molecule has 0 spiro atoms. The van der Waals surface area contributed by atoms with E-state index in [9.17, 15) is 0 Å². The van der Waals surface area contributed by atoms with Crippen molar-refractivity contribution < 1.29 is 5.21 Å². The second-order valence-corrected chi connectivity index (χ2v) is 4.50. The highest BCUT2D eigenvalue weighted by Crippen LogP contribution is 2.16. The fourth-order valence-corrected chi connectivity index (χ4v) is 1.92. The second-order valence-electron chi connectivity index (χ2n) is 4.50. The maximum absolute atomic E-state index is 8.74. The Morgan fingerprint density at radius 2 is 2.20 bits per heavy atom. The zero-order valence-electron chi connectivity index (χ0n) is 11.3. The van der Waals surface area contributed by atoms with Crippen molar-refractivity contribution in [2.75, 3.05) is 0 Å². The van der Waals surface area contributed by atoms with Crippen LogP contribution in [0.15, 0.2) is 41.8 Å². The van der Waals surface area contributed by atoms with Crippen LogP contribution in [0.5, 0.6) is 0 Å². The number of amidine groups is 1. The van der Waals surface area contributed by atoms with Gasteiger partial charge in [-0.2, -0.15) is 0 Å². The number of rotatable bonds is 6. The molecule has 7 heteroatoms. The third-order valence-electron chi connectivity index (χ3n) is 3.06. The maximum atomic E-state index is 8.74. The van der Waals surface area contributed by atoms with E-state index in [1.54, 1.807) is 6.33 Å². The number of hydrogen-bond acceptors (Lipinski definition) is 5. The van der Waals surface area contributed by atoms with Crippen molar-refractivity contribution in [3.63, 3.8) is 0 Å². The number of oxime groups is 1. The minimum absolute atomic E-state index is 0.0520. The average Bonchev–Trinajstić information content (AvgIpc) is 2.89. The monoisotopic (exact) mass is 274 g/mol. The van der Waals surface area contributed by atoms with Crippen LogP contribution in [0.25, 0.3) is 0 Å². The van der Waals surface area contributed by atoms with Crippen molar-refractivity contribution in [3.8, 4) is 0 Å². The molecule has 0 saturated heterocycles. The van der Waals surface area contributed by atoms with Gasteiger partial charge in [0.2, 0.25) is 0 Å². The minimum atomic E-state index is -0.0520. The van der Waals surface area contributed by atoms with Gasteiger partial charge >= 0.3 is 0 Å². The van der Waals surface area contributed by atoms with Gasteiger partial charge in [0.05, 0.1) is 6.54 Å². The van der Waals surface area contributed by atoms with Crippen LogP contribution in [0, 0.1) is 0 Å². The van der Waals surface area contributed by atoms with Gasteiger partial charge in [-0.05, 0) is 5.56 Å². The van der Waals surface area contributed by atoms with Crippen molar-refractivity contribution in [2.24, 2.45) is 17.9 Å². The Morgan fingerprint density at radius 3 is 2.80 bits per heavy atom. The van der Waals surface area contributed by atoms with E-state index >= 15 is 0 Å². The quantitative estimate of drug-likeness (QED) is 0.313. The van der Waals surface area contributed by atoms with Gasteiger partial charge in [0.15, 0.2) is 0 Å². The molecule has 0 aliphatic carbocycles. The van der Waals surface area contributed by atoms with E-state index in [0.717, 1.165) is 11.4 Å². The van der Waals surface area contributed by atoms with Gasteiger partial charge in [-0.1, -0.05) is 35.5 Å². The molecule has 1 atom stereocenters. The van der Waals surface area contributed by atoms with Gasteiger partial charge in [-0.25, -0.2) is 0 Å². The zero-order valence-corrected chi connectivity index (χ0v) is 11.3. The smallest absolute Gasteiger partial charge is 0.146 e. The molecule has 4 N–H and O–H groups in total. The van der Waals surface area contributed by atoms with Gasteiger partial charge in [0, 0.05) is 19.5 Å². The zero-order chi connectivity index (χ0) is 14.4. The SMILES string of the molecule is Cn1cnnc1CNC(CC(N)=NO)c1ccccc1. The van der Waals surface area contributed by atoms with Gasteiger partial charge in [-0.3, -0.25) is 0 Å². The predicted octanol–water partition coefficient (Wildman–Crippen LogP) is 0.783. The highest BCUT2D eigenvalue weighted by atomic mass is 16.4. The molecular weight excluding hydrogens is 256 g/mol. The van der Waals surface area contributed by atoms with Gasteiger partial charge < -0.3 is 20.8 Å². The van der Waals surface area contributed by atoms with Gasteiger partial charge in [0.25, 0.3) is 0 Å². The number of nitrogens with one attached hydrogen (secondary N) is 1. The molecule has 106 valence electrons. The first-order chi connectivity index (χ1) is 9.70. The molecule has 2 rings (SSSR count). The lowest BCUT2D eigenvalue weighted by atomic mass is 10.0. The Morgan fingerprint density at radius 1 is 1.45 bits per heavy atom. The molecule has 0 saturated carbocycles. The summed E-state index contributed by atoms with van der Waals surface area (Å²) in [5.41, 5.74) is 6.69. The number of aryl methyl sites for hydroxylation is 1. The highest BCUT2D eigenvalue weighted by molar-refractivity contribution is 5.80. The first-order valence-electron chi connectivity index (χ1n) is 6.28. The number of aromatic nitrogens is 3. The lowest BCUT2D eigenvalue weighted by Gasteiger charge is -2.18. The van der Waals surface area contributed by atoms with E-state index in [1.165, 1.54) is 0 Å². The molecule has 1 aromatic carbocycles. The van der Waals surface area contributed by atoms with Crippen LogP contribution < -0.4 is 11.1 Å². The molecule has 0 aliphatic heterocycles. The molecular formula is C13H18N6O. The third-order valence-corrected chi connectivity index (χ3v) is 3.06. The second kappa shape index (κ2) is 6.67. The summed E-state index contributed by atoms with van der Waals surface area (Å²) in [5, 5.41) is 23.0. The Balaban J connectivity index is 2.09. The summed E-state index contributed by atoms with van der Waals surface area (Å²) in [6.07, 6.45) is 2.07. The molecule has 0 aliphatic rings. The first kappa shape index (κ1) is 14.0. The molecule has 1 heterocycles. The summed E-state index contributed by atoms with van der Waals surface area (Å²) in [4.78, 5) is 0. The van der Waals surface area contributed by atoms with E-state index in [4.69, 9.17) is 10.9 Å². The van der Waals surface area contributed by atoms with Crippen LogP contribution in [0.4, 0.5) is 0 Å². The summed E-state index contributed by atoms with van der Waals surface area (Å²) < 4.78 is 1.85. The summed E-state index contributed by atoms with van der Waals surface area (Å²) in [7, 11) is 1.89. The topological polar surface area (TPSA) is 101 Å². The van der Waals surface area contributed by atoms with Crippen LogP contribution in [-0.2, 0) is 13.6 Å². The van der Waals surface area contributed by atoms with E-state index in [-0.39, 0.29) is 11.9 Å². The van der Waals surface area contributed by atoms with Crippen LogP contribution in [0.3, 0.4) is 0 Å². The molecule has 0 fully saturated rings. The van der Waals surface area contributed by atoms with E-state index < -0.39 is 0 Å². The Bertz CT molecular complexity index is 565. The standard InChI is InChI=1S/C13H18N6O/c1-19-9-16-17-13(19)8-15-11(7-12(14)18-20)10-5-3-2-4-6-10/h2-6,9,11,15,20H,7-8H2,1H3,(H2,14,18). The van der Waals surface area contributed by atoms with Crippen molar-refractivity contribution in [1.82, 2.24) is 20.1 Å². The summed E-state index contributed by atoms with van der Waals surface area (Å²) >= 11 is 0. The van der Waals surface area contributed by atoms with E-state index in [1.807, 2.05) is 41.9 Å². The summed E-state index contributed by atoms with van der Waals surface area (Å²) in [5.74, 6) is 1.01. The van der Waals surface area contributed by atoms with Crippen LogP contribution in [-0.4, -0.2) is 25.8 Å². The third kappa shape index (κ3) is 3.55. The molecule has 0 bridgehead atoms. The van der Waals surface area contributed by atoms with Crippen molar-refractivity contribution >= 4 is 5.84 Å². The Labute approximate surface area is 117 Å². The van der Waals surface area contributed by atoms with E-state index in [0.29, 0.717) is 13.0 Å². The summed E-state index contributed by atoms with van der Waals surface area (Å²) in [6, 6.07) is 9.81. The number of benzene rings is 1. The first-order valence-corrected chi connectivity index (χ1v) is 6.28. The average molecular weight is 274 g/mol. The maximum Gasteiger partial charge on any atom is 0.146 e. The van der Waals surface area contributed by atoms with Crippen molar-refractivity contribution in [3.05, 3.63) is 48.0 Å². The molecule has 1 unspecified atom stereocenters. The lowest BCUT2D eigenvalue weighted by molar-refractivity contribution is 0.315.